The van der Waals surface area contributed by atoms with E-state index in [1.54, 1.807) is 36.8 Å². The molecule has 0 aromatic carbocycles. The van der Waals surface area contributed by atoms with Gasteiger partial charge in [0.1, 0.15) is 11.5 Å². The van der Waals surface area contributed by atoms with Crippen LogP contribution in [0.15, 0.2) is 55.1 Å². The fraction of sp³-hybridized carbons (Fsp3) is 0.318. The first-order valence-electron chi connectivity index (χ1n) is 10.3. The monoisotopic (exact) mass is 440 g/mol. The van der Waals surface area contributed by atoms with Gasteiger partial charge in [-0.15, -0.1) is 0 Å². The topological polar surface area (TPSA) is 83.9 Å². The highest BCUT2D eigenvalue weighted by Gasteiger charge is 2.49. The molecular weight excluding hydrogens is 421 g/mol. The molecule has 1 amide bonds. The molecule has 1 N–H and O–H groups in total. The van der Waals surface area contributed by atoms with Gasteiger partial charge >= 0.3 is 6.18 Å². The van der Waals surface area contributed by atoms with Gasteiger partial charge < -0.3 is 10.2 Å². The molecule has 2 saturated heterocycles. The summed E-state index contributed by atoms with van der Waals surface area (Å²) in [6.07, 6.45) is 3.56. The largest absolute Gasteiger partial charge is 0.417 e. The summed E-state index contributed by atoms with van der Waals surface area (Å²) in [4.78, 5) is 32.1. The lowest BCUT2D eigenvalue weighted by Gasteiger charge is -2.25. The molecule has 0 spiro atoms. The van der Waals surface area contributed by atoms with Gasteiger partial charge in [-0.3, -0.25) is 9.78 Å². The Bertz CT molecular complexity index is 1120. The molecule has 3 atom stereocenters. The van der Waals surface area contributed by atoms with E-state index in [-0.39, 0.29) is 24.0 Å². The summed E-state index contributed by atoms with van der Waals surface area (Å²) in [6.45, 7) is 0. The third-order valence-electron chi connectivity index (χ3n) is 6.01. The van der Waals surface area contributed by atoms with Crippen LogP contribution in [-0.2, 0) is 6.18 Å². The number of hydrogen-bond donors (Lipinski definition) is 1. The number of pyridine rings is 2. The zero-order valence-electron chi connectivity index (χ0n) is 16.8. The summed E-state index contributed by atoms with van der Waals surface area (Å²) in [5, 5.41) is 3.22. The fourth-order valence-corrected chi connectivity index (χ4v) is 4.61. The highest BCUT2D eigenvalue weighted by Crippen LogP contribution is 2.40. The number of carbonyl (C=O) groups is 1. The summed E-state index contributed by atoms with van der Waals surface area (Å²) < 4.78 is 38.4. The predicted octanol–water partition coefficient (Wildman–Crippen LogP) is 3.81. The zero-order chi connectivity index (χ0) is 22.3. The summed E-state index contributed by atoms with van der Waals surface area (Å²) >= 11 is 0. The highest BCUT2D eigenvalue weighted by atomic mass is 19.4. The quantitative estimate of drug-likeness (QED) is 0.664. The number of alkyl halides is 3. The minimum absolute atomic E-state index is 0.0333. The first kappa shape index (κ1) is 20.3. The second kappa shape index (κ2) is 7.85. The van der Waals surface area contributed by atoms with Gasteiger partial charge in [0.05, 0.1) is 17.2 Å². The summed E-state index contributed by atoms with van der Waals surface area (Å²) in [5.41, 5.74) is 0.0702. The van der Waals surface area contributed by atoms with Gasteiger partial charge in [-0.25, -0.2) is 15.0 Å². The van der Waals surface area contributed by atoms with Crippen LogP contribution in [0.25, 0.3) is 11.4 Å². The average molecular weight is 440 g/mol. The van der Waals surface area contributed by atoms with Crippen LogP contribution in [0.5, 0.6) is 0 Å². The molecule has 3 aromatic rings. The van der Waals surface area contributed by atoms with Crippen molar-refractivity contribution in [2.75, 3.05) is 5.32 Å². The molecule has 164 valence electrons. The normalized spacial score (nSPS) is 22.2. The zero-order valence-corrected chi connectivity index (χ0v) is 16.8. The van der Waals surface area contributed by atoms with Crippen LogP contribution in [-0.4, -0.2) is 48.9 Å². The van der Waals surface area contributed by atoms with E-state index < -0.39 is 11.7 Å². The molecule has 2 aliphatic heterocycles. The van der Waals surface area contributed by atoms with Crippen molar-refractivity contribution in [2.24, 2.45) is 0 Å². The lowest BCUT2D eigenvalue weighted by Crippen LogP contribution is -2.40. The molecule has 0 radical (unpaired) electrons. The molecule has 2 fully saturated rings. The number of aromatic nitrogens is 4. The molecule has 5 rings (SSSR count). The molecule has 7 nitrogen and oxygen atoms in total. The van der Waals surface area contributed by atoms with Gasteiger partial charge in [-0.2, -0.15) is 13.2 Å². The van der Waals surface area contributed by atoms with Crippen LogP contribution in [0.4, 0.5) is 19.0 Å². The maximum absolute atomic E-state index is 13.5. The Morgan fingerprint density at radius 1 is 1.00 bits per heavy atom. The molecule has 0 aliphatic carbocycles. The smallest absolute Gasteiger partial charge is 0.365 e. The van der Waals surface area contributed by atoms with E-state index in [0.29, 0.717) is 29.3 Å². The van der Waals surface area contributed by atoms with Crippen molar-refractivity contribution in [1.29, 1.82) is 0 Å². The van der Waals surface area contributed by atoms with Crippen molar-refractivity contribution >= 4 is 11.7 Å². The number of halogens is 3. The number of nitrogens with zero attached hydrogens (tertiary/aromatic N) is 5. The average Bonchev–Trinajstić information content (AvgIpc) is 3.37. The molecule has 5 heterocycles. The van der Waals surface area contributed by atoms with E-state index >= 15 is 0 Å². The van der Waals surface area contributed by atoms with E-state index in [1.165, 1.54) is 6.07 Å². The van der Waals surface area contributed by atoms with Crippen LogP contribution in [0.3, 0.4) is 0 Å². The van der Waals surface area contributed by atoms with E-state index in [2.05, 4.69) is 25.3 Å². The molecule has 32 heavy (non-hydrogen) atoms. The lowest BCUT2D eigenvalue weighted by molar-refractivity contribution is -0.137. The third-order valence-corrected chi connectivity index (χ3v) is 6.01. The van der Waals surface area contributed by atoms with E-state index in [0.717, 1.165) is 25.1 Å². The number of hydrogen-bond acceptors (Lipinski definition) is 6. The van der Waals surface area contributed by atoms with Crippen molar-refractivity contribution in [1.82, 2.24) is 24.8 Å². The number of nitrogens with one attached hydrogen (secondary N) is 1. The Balaban J connectivity index is 1.36. The lowest BCUT2D eigenvalue weighted by atomic mass is 9.95. The van der Waals surface area contributed by atoms with Crippen molar-refractivity contribution in [3.8, 4) is 11.4 Å². The predicted molar refractivity (Wildman–Crippen MR) is 110 cm³/mol. The van der Waals surface area contributed by atoms with Crippen LogP contribution < -0.4 is 5.32 Å². The van der Waals surface area contributed by atoms with Crippen LogP contribution in [0.2, 0.25) is 0 Å². The number of amides is 1. The van der Waals surface area contributed by atoms with Crippen molar-refractivity contribution in [3.05, 3.63) is 66.4 Å². The van der Waals surface area contributed by atoms with Crippen LogP contribution in [0, 0.1) is 0 Å². The number of fused-ring (bicyclic) bond motifs is 2. The summed E-state index contributed by atoms with van der Waals surface area (Å²) in [6, 6.07) is 7.39. The molecule has 3 aromatic heterocycles. The van der Waals surface area contributed by atoms with Crippen molar-refractivity contribution in [2.45, 2.75) is 43.6 Å². The first-order chi connectivity index (χ1) is 15.4. The summed E-state index contributed by atoms with van der Waals surface area (Å²) in [5.74, 6) is 0.600. The molecule has 2 aliphatic rings. The van der Waals surface area contributed by atoms with E-state index in [1.807, 2.05) is 4.90 Å². The molecule has 0 saturated carbocycles. The summed E-state index contributed by atoms with van der Waals surface area (Å²) in [7, 11) is 0. The fourth-order valence-electron chi connectivity index (χ4n) is 4.61. The third kappa shape index (κ3) is 3.65. The second-order valence-electron chi connectivity index (χ2n) is 7.90. The minimum Gasteiger partial charge on any atom is -0.365 e. The van der Waals surface area contributed by atoms with Crippen molar-refractivity contribution < 1.29 is 18.0 Å². The van der Waals surface area contributed by atoms with E-state index in [4.69, 9.17) is 0 Å². The standard InChI is InChI=1S/C22H19F3N6O/c23-22(24,25)13-4-7-18(29-12-13)30-16-11-14-5-6-17(16)31(14)21(32)19-15(3-1-8-26-19)20-27-9-2-10-28-20/h1-4,7-10,12,14,16-17H,5-6,11H2,(H,29,30)/t14-,16-,17+/m1/s1. The van der Waals surface area contributed by atoms with Crippen LogP contribution >= 0.6 is 0 Å². The number of rotatable bonds is 4. The number of carbonyl (C=O) groups excluding carboxylic acids is 1. The van der Waals surface area contributed by atoms with Gasteiger partial charge in [-0.1, -0.05) is 0 Å². The van der Waals surface area contributed by atoms with Gasteiger partial charge in [0.15, 0.2) is 5.82 Å². The van der Waals surface area contributed by atoms with Gasteiger partial charge in [-0.05, 0) is 49.6 Å². The van der Waals surface area contributed by atoms with E-state index in [9.17, 15) is 18.0 Å². The minimum atomic E-state index is -4.43. The maximum Gasteiger partial charge on any atom is 0.417 e. The Morgan fingerprint density at radius 3 is 2.50 bits per heavy atom. The maximum atomic E-state index is 13.5. The molecule has 10 heteroatoms. The Kier molecular flexibility index (Phi) is 4.99. The Morgan fingerprint density at radius 2 is 1.78 bits per heavy atom. The van der Waals surface area contributed by atoms with Crippen molar-refractivity contribution in [3.63, 3.8) is 0 Å². The molecule has 0 unspecified atom stereocenters. The van der Waals surface area contributed by atoms with Gasteiger partial charge in [0.25, 0.3) is 5.91 Å². The molecule has 2 bridgehead atoms. The number of anilines is 1. The Hall–Kier alpha value is -3.56. The van der Waals surface area contributed by atoms with Gasteiger partial charge in [0, 0.05) is 36.9 Å². The SMILES string of the molecule is O=C(c1ncccc1-c1ncccn1)N1[C@@H]2CC[C@H]1[C@H](Nc1ccc(C(F)(F)F)cn1)C2. The second-order valence-corrected chi connectivity index (χ2v) is 7.90. The van der Waals surface area contributed by atoms with Gasteiger partial charge in [0.2, 0.25) is 0 Å². The first-order valence-corrected chi connectivity index (χ1v) is 10.3. The Labute approximate surface area is 181 Å². The molecular formula is C22H19F3N6O. The van der Waals surface area contributed by atoms with Crippen LogP contribution in [0.1, 0.15) is 35.3 Å². The highest BCUT2D eigenvalue weighted by molar-refractivity contribution is 5.99.